The quantitative estimate of drug-likeness (QED) is 0.833. The molecule has 1 amide bonds. The smallest absolute Gasteiger partial charge is 0.257 e. The summed E-state index contributed by atoms with van der Waals surface area (Å²) in [4.78, 5) is 14.7. The standard InChI is InChI=1S/C17H23NO6/c1-20-13-11-15(22-3)14(21-2)10-12(13)16(19)18-6-4-17(5-7-18)23-8-9-24-17/h10-11H,4-9H2,1-3H3. The van der Waals surface area contributed by atoms with Crippen LogP contribution < -0.4 is 14.2 Å². The van der Waals surface area contributed by atoms with Crippen molar-refractivity contribution < 1.29 is 28.5 Å². The van der Waals surface area contributed by atoms with Gasteiger partial charge in [-0.3, -0.25) is 4.79 Å². The summed E-state index contributed by atoms with van der Waals surface area (Å²) in [7, 11) is 4.62. The number of amides is 1. The Bertz CT molecular complexity index is 601. The second-order valence-electron chi connectivity index (χ2n) is 5.81. The SMILES string of the molecule is COc1cc(OC)c(C(=O)N2CCC3(CC2)OCCO3)cc1OC. The molecule has 0 aliphatic carbocycles. The predicted octanol–water partition coefficient (Wildman–Crippen LogP) is 1.69. The van der Waals surface area contributed by atoms with Gasteiger partial charge < -0.3 is 28.6 Å². The van der Waals surface area contributed by atoms with Crippen LogP contribution in [0.1, 0.15) is 23.2 Å². The average molecular weight is 337 g/mol. The van der Waals surface area contributed by atoms with Gasteiger partial charge in [0.1, 0.15) is 5.75 Å². The fourth-order valence-electron chi connectivity index (χ4n) is 3.20. The number of carbonyl (C=O) groups excluding carboxylic acids is 1. The highest BCUT2D eigenvalue weighted by atomic mass is 16.7. The number of ether oxygens (including phenoxy) is 5. The summed E-state index contributed by atoms with van der Waals surface area (Å²) in [5.74, 6) is 0.888. The Hall–Kier alpha value is -1.99. The molecule has 2 aliphatic rings. The molecular weight excluding hydrogens is 314 g/mol. The van der Waals surface area contributed by atoms with E-state index in [1.54, 1.807) is 24.1 Å². The van der Waals surface area contributed by atoms with Crippen LogP contribution in [0.2, 0.25) is 0 Å². The zero-order valence-corrected chi connectivity index (χ0v) is 14.3. The summed E-state index contributed by atoms with van der Waals surface area (Å²) in [6.45, 7) is 2.40. The molecule has 7 heteroatoms. The Balaban J connectivity index is 1.79. The molecule has 0 N–H and O–H groups in total. The van der Waals surface area contributed by atoms with Gasteiger partial charge in [-0.2, -0.15) is 0 Å². The fraction of sp³-hybridized carbons (Fsp3) is 0.588. The molecule has 7 nitrogen and oxygen atoms in total. The van der Waals surface area contributed by atoms with E-state index in [4.69, 9.17) is 23.7 Å². The third-order valence-electron chi connectivity index (χ3n) is 4.56. The third kappa shape index (κ3) is 3.01. The van der Waals surface area contributed by atoms with E-state index in [9.17, 15) is 4.79 Å². The summed E-state index contributed by atoms with van der Waals surface area (Å²) in [6, 6.07) is 3.33. The van der Waals surface area contributed by atoms with E-state index in [1.807, 2.05) is 0 Å². The molecule has 0 saturated carbocycles. The zero-order valence-electron chi connectivity index (χ0n) is 14.3. The number of methoxy groups -OCH3 is 3. The largest absolute Gasteiger partial charge is 0.496 e. The number of hydrogen-bond acceptors (Lipinski definition) is 6. The first-order valence-corrected chi connectivity index (χ1v) is 7.99. The predicted molar refractivity (Wildman–Crippen MR) is 85.9 cm³/mol. The van der Waals surface area contributed by atoms with Crippen LogP contribution in [0.4, 0.5) is 0 Å². The van der Waals surface area contributed by atoms with Gasteiger partial charge in [0.2, 0.25) is 0 Å². The molecule has 1 aromatic carbocycles. The first kappa shape index (κ1) is 16.9. The highest BCUT2D eigenvalue weighted by molar-refractivity contribution is 5.98. The maximum atomic E-state index is 12.9. The van der Waals surface area contributed by atoms with Crippen molar-refractivity contribution >= 4 is 5.91 Å². The fourth-order valence-corrected chi connectivity index (χ4v) is 3.20. The number of rotatable bonds is 4. The van der Waals surface area contributed by atoms with E-state index in [2.05, 4.69) is 0 Å². The van der Waals surface area contributed by atoms with E-state index in [0.29, 0.717) is 62.0 Å². The van der Waals surface area contributed by atoms with Gasteiger partial charge in [-0.05, 0) is 0 Å². The number of carbonyl (C=O) groups is 1. The maximum Gasteiger partial charge on any atom is 0.257 e. The molecule has 0 atom stereocenters. The van der Waals surface area contributed by atoms with Crippen LogP contribution >= 0.6 is 0 Å². The average Bonchev–Trinajstić information content (AvgIpc) is 3.08. The first-order chi connectivity index (χ1) is 11.6. The van der Waals surface area contributed by atoms with Crippen LogP contribution in [0.25, 0.3) is 0 Å². The Kier molecular flexibility index (Phi) is 4.82. The number of benzene rings is 1. The first-order valence-electron chi connectivity index (χ1n) is 7.99. The summed E-state index contributed by atoms with van der Waals surface area (Å²) in [5.41, 5.74) is 0.458. The van der Waals surface area contributed by atoms with Crippen LogP contribution in [-0.2, 0) is 9.47 Å². The van der Waals surface area contributed by atoms with E-state index >= 15 is 0 Å². The molecule has 132 valence electrons. The molecule has 3 rings (SSSR count). The minimum Gasteiger partial charge on any atom is -0.496 e. The van der Waals surface area contributed by atoms with Gasteiger partial charge in [-0.25, -0.2) is 0 Å². The van der Waals surface area contributed by atoms with Crippen LogP contribution in [0, 0.1) is 0 Å². The van der Waals surface area contributed by atoms with Crippen LogP contribution in [0.5, 0.6) is 17.2 Å². The second-order valence-corrected chi connectivity index (χ2v) is 5.81. The van der Waals surface area contributed by atoms with Crippen molar-refractivity contribution in [3.63, 3.8) is 0 Å². The van der Waals surface area contributed by atoms with E-state index in [0.717, 1.165) is 0 Å². The molecule has 0 aromatic heterocycles. The van der Waals surface area contributed by atoms with Gasteiger partial charge in [0.15, 0.2) is 17.3 Å². The summed E-state index contributed by atoms with van der Waals surface area (Å²) in [5, 5.41) is 0. The highest BCUT2D eigenvalue weighted by Gasteiger charge is 2.41. The number of likely N-dealkylation sites (tertiary alicyclic amines) is 1. The van der Waals surface area contributed by atoms with Crippen LogP contribution in [-0.4, -0.2) is 64.2 Å². The Morgan fingerprint density at radius 1 is 0.958 bits per heavy atom. The molecule has 2 aliphatic heterocycles. The lowest BCUT2D eigenvalue weighted by atomic mass is 10.0. The number of nitrogens with zero attached hydrogens (tertiary/aromatic N) is 1. The van der Waals surface area contributed by atoms with Crippen molar-refractivity contribution in [2.24, 2.45) is 0 Å². The number of piperidine rings is 1. The van der Waals surface area contributed by atoms with Gasteiger partial charge in [-0.1, -0.05) is 0 Å². The van der Waals surface area contributed by atoms with Gasteiger partial charge >= 0.3 is 0 Å². The van der Waals surface area contributed by atoms with Crippen molar-refractivity contribution in [1.29, 1.82) is 0 Å². The minimum atomic E-state index is -0.502. The zero-order chi connectivity index (χ0) is 17.2. The molecule has 24 heavy (non-hydrogen) atoms. The topological polar surface area (TPSA) is 66.5 Å². The Labute approximate surface area is 141 Å². The normalized spacial score (nSPS) is 19.4. The molecule has 1 aromatic rings. The van der Waals surface area contributed by atoms with Gasteiger partial charge in [0, 0.05) is 38.1 Å². The lowest BCUT2D eigenvalue weighted by Crippen LogP contribution is -2.47. The van der Waals surface area contributed by atoms with Crippen molar-refractivity contribution in [3.8, 4) is 17.2 Å². The molecule has 2 fully saturated rings. The third-order valence-corrected chi connectivity index (χ3v) is 4.56. The van der Waals surface area contributed by atoms with Crippen molar-refractivity contribution in [1.82, 2.24) is 4.90 Å². The van der Waals surface area contributed by atoms with Crippen molar-refractivity contribution in [2.45, 2.75) is 18.6 Å². The van der Waals surface area contributed by atoms with Crippen molar-refractivity contribution in [3.05, 3.63) is 17.7 Å². The van der Waals surface area contributed by atoms with Crippen LogP contribution in [0.15, 0.2) is 12.1 Å². The van der Waals surface area contributed by atoms with Gasteiger partial charge in [-0.15, -0.1) is 0 Å². The van der Waals surface area contributed by atoms with Crippen molar-refractivity contribution in [2.75, 3.05) is 47.6 Å². The summed E-state index contributed by atoms with van der Waals surface area (Å²) < 4.78 is 27.3. The molecular formula is C17H23NO6. The molecule has 0 radical (unpaired) electrons. The Morgan fingerprint density at radius 3 is 2.04 bits per heavy atom. The Morgan fingerprint density at radius 2 is 1.50 bits per heavy atom. The number of hydrogen-bond donors (Lipinski definition) is 0. The molecule has 0 unspecified atom stereocenters. The monoisotopic (exact) mass is 337 g/mol. The molecule has 2 saturated heterocycles. The second kappa shape index (κ2) is 6.86. The van der Waals surface area contributed by atoms with Crippen LogP contribution in [0.3, 0.4) is 0 Å². The van der Waals surface area contributed by atoms with Gasteiger partial charge in [0.25, 0.3) is 5.91 Å². The molecule has 2 heterocycles. The highest BCUT2D eigenvalue weighted by Crippen LogP contribution is 2.37. The lowest BCUT2D eigenvalue weighted by Gasteiger charge is -2.37. The molecule has 1 spiro atoms. The van der Waals surface area contributed by atoms with E-state index < -0.39 is 5.79 Å². The summed E-state index contributed by atoms with van der Waals surface area (Å²) >= 11 is 0. The maximum absolute atomic E-state index is 12.9. The van der Waals surface area contributed by atoms with Gasteiger partial charge in [0.05, 0.1) is 40.1 Å². The minimum absolute atomic E-state index is 0.0966. The van der Waals surface area contributed by atoms with E-state index in [-0.39, 0.29) is 5.91 Å². The van der Waals surface area contributed by atoms with E-state index in [1.165, 1.54) is 14.2 Å². The molecule has 0 bridgehead atoms. The summed E-state index contributed by atoms with van der Waals surface area (Å²) in [6.07, 6.45) is 1.35. The lowest BCUT2D eigenvalue weighted by molar-refractivity contribution is -0.181.